The van der Waals surface area contributed by atoms with Crippen molar-refractivity contribution >= 4 is 17.5 Å². The minimum Gasteiger partial charge on any atom is -0.448 e. The topological polar surface area (TPSA) is 103 Å². The predicted molar refractivity (Wildman–Crippen MR) is 52.7 cm³/mol. The van der Waals surface area contributed by atoms with Crippen LogP contribution in [0.15, 0.2) is 18.5 Å². The SMILES string of the molecule is NC(=O)OCCNc1cncc(N)c1. The molecule has 1 aromatic rings. The van der Waals surface area contributed by atoms with Crippen molar-refractivity contribution in [1.82, 2.24) is 4.98 Å². The molecule has 0 bridgehead atoms. The number of carbonyl (C=O) groups is 1. The summed E-state index contributed by atoms with van der Waals surface area (Å²) >= 11 is 0. The molecule has 0 unspecified atom stereocenters. The summed E-state index contributed by atoms with van der Waals surface area (Å²) in [5, 5.41) is 2.97. The summed E-state index contributed by atoms with van der Waals surface area (Å²) in [5.41, 5.74) is 11.6. The third-order valence-electron chi connectivity index (χ3n) is 1.43. The number of nitrogens with one attached hydrogen (secondary N) is 1. The summed E-state index contributed by atoms with van der Waals surface area (Å²) in [7, 11) is 0. The molecule has 1 heterocycles. The van der Waals surface area contributed by atoms with Gasteiger partial charge in [0.15, 0.2) is 0 Å². The number of nitrogens with zero attached hydrogens (tertiary/aromatic N) is 1. The normalized spacial score (nSPS) is 9.43. The number of hydrogen-bond donors (Lipinski definition) is 3. The van der Waals surface area contributed by atoms with E-state index in [9.17, 15) is 4.79 Å². The molecular weight excluding hydrogens is 184 g/mol. The first-order valence-electron chi connectivity index (χ1n) is 4.05. The first kappa shape index (κ1) is 10.1. The Morgan fingerprint density at radius 2 is 2.36 bits per heavy atom. The van der Waals surface area contributed by atoms with Crippen LogP contribution in [-0.2, 0) is 4.74 Å². The molecule has 0 aliphatic carbocycles. The van der Waals surface area contributed by atoms with Gasteiger partial charge in [-0.15, -0.1) is 0 Å². The van der Waals surface area contributed by atoms with Crippen molar-refractivity contribution in [3.05, 3.63) is 18.5 Å². The van der Waals surface area contributed by atoms with Crippen LogP contribution < -0.4 is 16.8 Å². The van der Waals surface area contributed by atoms with E-state index < -0.39 is 6.09 Å². The van der Waals surface area contributed by atoms with Crippen molar-refractivity contribution < 1.29 is 9.53 Å². The van der Waals surface area contributed by atoms with E-state index >= 15 is 0 Å². The summed E-state index contributed by atoms with van der Waals surface area (Å²) in [6.07, 6.45) is 2.39. The number of hydrogen-bond acceptors (Lipinski definition) is 5. The minimum atomic E-state index is -0.780. The Hall–Kier alpha value is -1.98. The molecule has 1 aromatic heterocycles. The monoisotopic (exact) mass is 196 g/mol. The van der Waals surface area contributed by atoms with Crippen molar-refractivity contribution in [2.24, 2.45) is 5.73 Å². The maximum Gasteiger partial charge on any atom is 0.404 e. The lowest BCUT2D eigenvalue weighted by Gasteiger charge is -2.05. The van der Waals surface area contributed by atoms with Crippen LogP contribution in [0.2, 0.25) is 0 Å². The third kappa shape index (κ3) is 3.61. The van der Waals surface area contributed by atoms with Crippen molar-refractivity contribution in [2.75, 3.05) is 24.2 Å². The molecule has 76 valence electrons. The number of ether oxygens (including phenoxy) is 1. The molecule has 0 aliphatic rings. The maximum absolute atomic E-state index is 10.2. The number of pyridine rings is 1. The van der Waals surface area contributed by atoms with Crippen LogP contribution in [0.5, 0.6) is 0 Å². The molecular formula is C8H12N4O2. The molecule has 0 atom stereocenters. The molecule has 0 radical (unpaired) electrons. The van der Waals surface area contributed by atoms with E-state index in [0.717, 1.165) is 5.69 Å². The van der Waals surface area contributed by atoms with Gasteiger partial charge in [-0.05, 0) is 6.07 Å². The predicted octanol–water partition coefficient (Wildman–Crippen LogP) is 0.171. The fourth-order valence-corrected chi connectivity index (χ4v) is 0.901. The number of carbonyl (C=O) groups excluding carboxylic acids is 1. The maximum atomic E-state index is 10.2. The Morgan fingerprint density at radius 1 is 1.57 bits per heavy atom. The second-order valence-corrected chi connectivity index (χ2v) is 2.60. The van der Waals surface area contributed by atoms with Crippen LogP contribution in [-0.4, -0.2) is 24.2 Å². The average molecular weight is 196 g/mol. The molecule has 14 heavy (non-hydrogen) atoms. The van der Waals surface area contributed by atoms with Gasteiger partial charge in [0.05, 0.1) is 17.6 Å². The average Bonchev–Trinajstić information content (AvgIpc) is 2.12. The van der Waals surface area contributed by atoms with Crippen LogP contribution >= 0.6 is 0 Å². The number of rotatable bonds is 4. The van der Waals surface area contributed by atoms with Crippen LogP contribution in [0.1, 0.15) is 0 Å². The van der Waals surface area contributed by atoms with Gasteiger partial charge < -0.3 is 21.5 Å². The van der Waals surface area contributed by atoms with Crippen LogP contribution in [0, 0.1) is 0 Å². The van der Waals surface area contributed by atoms with Gasteiger partial charge in [0.25, 0.3) is 0 Å². The highest BCUT2D eigenvalue weighted by atomic mass is 16.5. The molecule has 6 nitrogen and oxygen atoms in total. The molecule has 0 aliphatic heterocycles. The second-order valence-electron chi connectivity index (χ2n) is 2.60. The summed E-state index contributed by atoms with van der Waals surface area (Å²) < 4.78 is 4.52. The highest BCUT2D eigenvalue weighted by Crippen LogP contribution is 2.08. The van der Waals surface area contributed by atoms with E-state index in [1.807, 2.05) is 0 Å². The highest BCUT2D eigenvalue weighted by molar-refractivity contribution is 5.64. The third-order valence-corrected chi connectivity index (χ3v) is 1.43. The summed E-state index contributed by atoms with van der Waals surface area (Å²) in [6, 6.07) is 1.73. The van der Waals surface area contributed by atoms with E-state index in [0.29, 0.717) is 12.2 Å². The molecule has 0 fully saturated rings. The molecule has 6 heteroatoms. The minimum absolute atomic E-state index is 0.212. The number of primary amides is 1. The van der Waals surface area contributed by atoms with Gasteiger partial charge in [-0.1, -0.05) is 0 Å². The van der Waals surface area contributed by atoms with Crippen LogP contribution in [0.25, 0.3) is 0 Å². The molecule has 1 rings (SSSR count). The molecule has 0 saturated heterocycles. The Morgan fingerprint density at radius 3 is 3.00 bits per heavy atom. The molecule has 0 aromatic carbocycles. The van der Waals surface area contributed by atoms with Gasteiger partial charge in [-0.25, -0.2) is 4.79 Å². The first-order chi connectivity index (χ1) is 6.68. The highest BCUT2D eigenvalue weighted by Gasteiger charge is 1.95. The number of anilines is 2. The second kappa shape index (κ2) is 4.90. The Labute approximate surface area is 81.3 Å². The van der Waals surface area contributed by atoms with Crippen LogP contribution in [0.4, 0.5) is 16.2 Å². The first-order valence-corrected chi connectivity index (χ1v) is 4.05. The molecule has 5 N–H and O–H groups in total. The number of aromatic nitrogens is 1. The quantitative estimate of drug-likeness (QED) is 0.595. The number of nitrogen functional groups attached to an aromatic ring is 1. The van der Waals surface area contributed by atoms with Gasteiger partial charge in [0.1, 0.15) is 6.61 Å². The summed E-state index contributed by atoms with van der Waals surface area (Å²) in [6.45, 7) is 0.679. The van der Waals surface area contributed by atoms with Gasteiger partial charge in [0, 0.05) is 12.7 Å². The number of amides is 1. The van der Waals surface area contributed by atoms with Gasteiger partial charge in [-0.2, -0.15) is 0 Å². The van der Waals surface area contributed by atoms with Crippen molar-refractivity contribution in [3.63, 3.8) is 0 Å². The van der Waals surface area contributed by atoms with Crippen LogP contribution in [0.3, 0.4) is 0 Å². The Kier molecular flexibility index (Phi) is 3.54. The number of nitrogens with two attached hydrogens (primary N) is 2. The lowest BCUT2D eigenvalue weighted by Crippen LogP contribution is -2.18. The zero-order chi connectivity index (χ0) is 10.4. The smallest absolute Gasteiger partial charge is 0.404 e. The molecule has 0 spiro atoms. The molecule has 1 amide bonds. The Bertz CT molecular complexity index is 316. The van der Waals surface area contributed by atoms with Crippen molar-refractivity contribution in [3.8, 4) is 0 Å². The van der Waals surface area contributed by atoms with Crippen molar-refractivity contribution in [2.45, 2.75) is 0 Å². The van der Waals surface area contributed by atoms with E-state index in [4.69, 9.17) is 11.5 Å². The zero-order valence-electron chi connectivity index (χ0n) is 7.56. The van der Waals surface area contributed by atoms with E-state index in [1.54, 1.807) is 18.5 Å². The molecule has 0 saturated carbocycles. The van der Waals surface area contributed by atoms with Gasteiger partial charge >= 0.3 is 6.09 Å². The van der Waals surface area contributed by atoms with Gasteiger partial charge in [0.2, 0.25) is 0 Å². The fraction of sp³-hybridized carbons (Fsp3) is 0.250. The van der Waals surface area contributed by atoms with Crippen molar-refractivity contribution in [1.29, 1.82) is 0 Å². The summed E-state index contributed by atoms with van der Waals surface area (Å²) in [5.74, 6) is 0. The van der Waals surface area contributed by atoms with E-state index in [2.05, 4.69) is 15.0 Å². The van der Waals surface area contributed by atoms with Gasteiger partial charge in [-0.3, -0.25) is 4.98 Å². The van der Waals surface area contributed by atoms with E-state index in [-0.39, 0.29) is 6.61 Å². The largest absolute Gasteiger partial charge is 0.448 e. The lowest BCUT2D eigenvalue weighted by atomic mass is 10.4. The van der Waals surface area contributed by atoms with E-state index in [1.165, 1.54) is 0 Å². The fourth-order valence-electron chi connectivity index (χ4n) is 0.901. The zero-order valence-corrected chi connectivity index (χ0v) is 7.56. The summed E-state index contributed by atoms with van der Waals surface area (Å²) in [4.78, 5) is 14.1. The standard InChI is InChI=1S/C8H12N4O2/c9-6-3-7(5-11-4-6)12-1-2-14-8(10)13/h3-5,12H,1-2,9H2,(H2,10,13). The Balaban J connectivity index is 2.28. The lowest BCUT2D eigenvalue weighted by molar-refractivity contribution is 0.161.